The van der Waals surface area contributed by atoms with E-state index >= 15 is 0 Å². The monoisotopic (exact) mass is 282 g/mol. The molecule has 0 aliphatic carbocycles. The van der Waals surface area contributed by atoms with Gasteiger partial charge in [-0.3, -0.25) is 4.98 Å². The minimum absolute atomic E-state index is 0.309. The van der Waals surface area contributed by atoms with Crippen molar-refractivity contribution in [1.29, 1.82) is 0 Å². The van der Waals surface area contributed by atoms with E-state index < -0.39 is 0 Å². The number of hydrogen-bond acceptors (Lipinski definition) is 5. The topological polar surface area (TPSA) is 60.8 Å². The lowest BCUT2D eigenvalue weighted by Gasteiger charge is -2.07. The van der Waals surface area contributed by atoms with Gasteiger partial charge in [-0.05, 0) is 31.2 Å². The molecule has 0 radical (unpaired) electrons. The van der Waals surface area contributed by atoms with E-state index in [2.05, 4.69) is 20.2 Å². The van der Waals surface area contributed by atoms with Gasteiger partial charge in [0.05, 0.1) is 0 Å². The number of hydrogen-bond donors (Lipinski definition) is 0. The van der Waals surface area contributed by atoms with Crippen LogP contribution in [0.3, 0.4) is 0 Å². The van der Waals surface area contributed by atoms with Crippen LogP contribution in [-0.2, 0) is 0 Å². The molecule has 0 aliphatic rings. The number of nitrogens with zero attached hydrogens (tertiary/aromatic N) is 4. The first kappa shape index (κ1) is 13.1. The van der Waals surface area contributed by atoms with E-state index in [1.165, 1.54) is 12.1 Å². The van der Waals surface area contributed by atoms with Crippen LogP contribution in [-0.4, -0.2) is 20.2 Å². The van der Waals surface area contributed by atoms with Crippen LogP contribution in [0, 0.1) is 12.7 Å². The molecule has 21 heavy (non-hydrogen) atoms. The lowest BCUT2D eigenvalue weighted by Crippen LogP contribution is -2.00. The SMILES string of the molecule is Cc1nnc(-c2cccc(F)c2)nc1Oc1ccncc1. The predicted octanol–water partition coefficient (Wildman–Crippen LogP) is 3.17. The van der Waals surface area contributed by atoms with E-state index in [0.717, 1.165) is 0 Å². The fourth-order valence-corrected chi connectivity index (χ4v) is 1.73. The normalized spacial score (nSPS) is 10.4. The third-order valence-corrected chi connectivity index (χ3v) is 2.76. The third-order valence-electron chi connectivity index (χ3n) is 2.76. The van der Waals surface area contributed by atoms with Gasteiger partial charge in [0.15, 0.2) is 5.82 Å². The Hall–Kier alpha value is -2.89. The molecule has 0 saturated carbocycles. The van der Waals surface area contributed by atoms with Crippen molar-refractivity contribution >= 4 is 0 Å². The first-order chi connectivity index (χ1) is 10.2. The van der Waals surface area contributed by atoms with Crippen molar-refractivity contribution in [2.75, 3.05) is 0 Å². The molecule has 3 rings (SSSR count). The number of benzene rings is 1. The summed E-state index contributed by atoms with van der Waals surface area (Å²) in [5.41, 5.74) is 1.09. The number of rotatable bonds is 3. The van der Waals surface area contributed by atoms with Gasteiger partial charge in [-0.25, -0.2) is 4.39 Å². The van der Waals surface area contributed by atoms with Crippen molar-refractivity contribution in [3.05, 3.63) is 60.3 Å². The molecule has 6 heteroatoms. The van der Waals surface area contributed by atoms with Crippen LogP contribution < -0.4 is 4.74 Å². The molecular weight excluding hydrogens is 271 g/mol. The third kappa shape index (κ3) is 3.00. The van der Waals surface area contributed by atoms with Crippen molar-refractivity contribution in [2.45, 2.75) is 6.92 Å². The van der Waals surface area contributed by atoms with Gasteiger partial charge in [0.25, 0.3) is 0 Å². The molecule has 0 N–H and O–H groups in total. The molecule has 2 heterocycles. The standard InChI is InChI=1S/C15H11FN4O/c1-10-15(21-13-5-7-17-8-6-13)18-14(20-19-10)11-3-2-4-12(16)9-11/h2-9H,1H3. The number of ether oxygens (including phenoxy) is 1. The molecule has 0 unspecified atom stereocenters. The van der Waals surface area contributed by atoms with Gasteiger partial charge in [-0.2, -0.15) is 4.98 Å². The molecule has 5 nitrogen and oxygen atoms in total. The highest BCUT2D eigenvalue weighted by Crippen LogP contribution is 2.23. The van der Waals surface area contributed by atoms with E-state index in [4.69, 9.17) is 4.74 Å². The predicted molar refractivity (Wildman–Crippen MR) is 74.3 cm³/mol. The van der Waals surface area contributed by atoms with Crippen LogP contribution >= 0.6 is 0 Å². The number of aromatic nitrogens is 4. The van der Waals surface area contributed by atoms with Crippen LogP contribution in [0.5, 0.6) is 11.6 Å². The summed E-state index contributed by atoms with van der Waals surface area (Å²) in [5, 5.41) is 7.98. The van der Waals surface area contributed by atoms with Crippen molar-refractivity contribution < 1.29 is 9.13 Å². The average Bonchev–Trinajstić information content (AvgIpc) is 2.50. The van der Waals surface area contributed by atoms with Crippen LogP contribution in [0.15, 0.2) is 48.8 Å². The van der Waals surface area contributed by atoms with Gasteiger partial charge in [0, 0.05) is 18.0 Å². The van der Waals surface area contributed by atoms with Gasteiger partial charge in [0.2, 0.25) is 5.88 Å². The molecule has 0 spiro atoms. The van der Waals surface area contributed by atoms with Crippen molar-refractivity contribution in [3.8, 4) is 23.0 Å². The second-order valence-electron chi connectivity index (χ2n) is 4.32. The Balaban J connectivity index is 1.97. The minimum Gasteiger partial charge on any atom is -0.437 e. The molecule has 0 bridgehead atoms. The largest absolute Gasteiger partial charge is 0.437 e. The van der Waals surface area contributed by atoms with E-state index in [1.807, 2.05) is 0 Å². The van der Waals surface area contributed by atoms with Crippen LogP contribution in [0.2, 0.25) is 0 Å². The van der Waals surface area contributed by atoms with Crippen molar-refractivity contribution in [3.63, 3.8) is 0 Å². The summed E-state index contributed by atoms with van der Waals surface area (Å²) in [6.07, 6.45) is 3.24. The number of pyridine rings is 1. The zero-order chi connectivity index (χ0) is 14.7. The summed E-state index contributed by atoms with van der Waals surface area (Å²) in [7, 11) is 0. The number of halogens is 1. The Bertz CT molecular complexity index is 765. The minimum atomic E-state index is -0.353. The second kappa shape index (κ2) is 5.62. The zero-order valence-corrected chi connectivity index (χ0v) is 11.2. The Morgan fingerprint density at radius 1 is 1.05 bits per heavy atom. The summed E-state index contributed by atoms with van der Waals surface area (Å²) in [4.78, 5) is 8.21. The summed E-state index contributed by atoms with van der Waals surface area (Å²) in [5.74, 6) is 0.881. The second-order valence-corrected chi connectivity index (χ2v) is 4.32. The summed E-state index contributed by atoms with van der Waals surface area (Å²) in [6, 6.07) is 9.44. The first-order valence-corrected chi connectivity index (χ1v) is 6.27. The smallest absolute Gasteiger partial charge is 0.244 e. The molecular formula is C15H11FN4O. The molecule has 2 aromatic heterocycles. The van der Waals surface area contributed by atoms with Crippen LogP contribution in [0.4, 0.5) is 4.39 Å². The summed E-state index contributed by atoms with van der Waals surface area (Å²) >= 11 is 0. The van der Waals surface area contributed by atoms with Gasteiger partial charge in [-0.15, -0.1) is 10.2 Å². The Kier molecular flexibility index (Phi) is 3.51. The van der Waals surface area contributed by atoms with Crippen molar-refractivity contribution in [2.24, 2.45) is 0 Å². The maximum Gasteiger partial charge on any atom is 0.244 e. The first-order valence-electron chi connectivity index (χ1n) is 6.27. The van der Waals surface area contributed by atoms with Gasteiger partial charge < -0.3 is 4.74 Å². The highest BCUT2D eigenvalue weighted by Gasteiger charge is 2.10. The lowest BCUT2D eigenvalue weighted by atomic mass is 10.2. The van der Waals surface area contributed by atoms with Gasteiger partial charge in [-0.1, -0.05) is 12.1 Å². The highest BCUT2D eigenvalue weighted by molar-refractivity contribution is 5.54. The molecule has 104 valence electrons. The maximum atomic E-state index is 13.3. The lowest BCUT2D eigenvalue weighted by molar-refractivity contribution is 0.452. The van der Waals surface area contributed by atoms with E-state index in [-0.39, 0.29) is 5.82 Å². The highest BCUT2D eigenvalue weighted by atomic mass is 19.1. The quantitative estimate of drug-likeness (QED) is 0.738. The van der Waals surface area contributed by atoms with Crippen LogP contribution in [0.1, 0.15) is 5.69 Å². The Morgan fingerprint density at radius 3 is 2.62 bits per heavy atom. The molecule has 0 fully saturated rings. The van der Waals surface area contributed by atoms with Crippen molar-refractivity contribution in [1.82, 2.24) is 20.2 Å². The summed E-state index contributed by atoms with van der Waals surface area (Å²) < 4.78 is 18.9. The average molecular weight is 282 g/mol. The Morgan fingerprint density at radius 2 is 1.86 bits per heavy atom. The zero-order valence-electron chi connectivity index (χ0n) is 11.2. The summed E-state index contributed by atoms with van der Waals surface area (Å²) in [6.45, 7) is 1.74. The van der Waals surface area contributed by atoms with E-state index in [9.17, 15) is 4.39 Å². The molecule has 0 atom stereocenters. The fourth-order valence-electron chi connectivity index (χ4n) is 1.73. The molecule has 0 saturated heterocycles. The number of aryl methyl sites for hydroxylation is 1. The maximum absolute atomic E-state index is 13.3. The van der Waals surface area contributed by atoms with Crippen LogP contribution in [0.25, 0.3) is 11.4 Å². The Labute approximate surface area is 120 Å². The molecule has 0 aliphatic heterocycles. The van der Waals surface area contributed by atoms with E-state index in [1.54, 1.807) is 43.6 Å². The van der Waals surface area contributed by atoms with Gasteiger partial charge in [0.1, 0.15) is 17.3 Å². The fraction of sp³-hybridized carbons (Fsp3) is 0.0667. The molecule has 3 aromatic rings. The molecule has 0 amide bonds. The molecule has 1 aromatic carbocycles. The van der Waals surface area contributed by atoms with Gasteiger partial charge >= 0.3 is 0 Å². The van der Waals surface area contributed by atoms with E-state index in [0.29, 0.717) is 28.7 Å².